The summed E-state index contributed by atoms with van der Waals surface area (Å²) in [6, 6.07) is 5.21. The Labute approximate surface area is 154 Å². The number of carbonyl (C=O) groups excluding carboxylic acids is 1. The monoisotopic (exact) mass is 387 g/mol. The smallest absolute Gasteiger partial charge is 0.239 e. The third-order valence-electron chi connectivity index (χ3n) is 2.71. The highest BCUT2D eigenvalue weighted by Crippen LogP contribution is 2.27. The Morgan fingerprint density at radius 1 is 1.17 bits per heavy atom. The molecule has 0 atom stereocenters. The van der Waals surface area contributed by atoms with Gasteiger partial charge in [0.2, 0.25) is 5.91 Å². The van der Waals surface area contributed by atoms with Crippen molar-refractivity contribution in [2.24, 2.45) is 0 Å². The molecule has 1 amide bonds. The lowest BCUT2D eigenvalue weighted by Crippen LogP contribution is -2.36. The van der Waals surface area contributed by atoms with Crippen LogP contribution in [0.15, 0.2) is 18.2 Å². The Morgan fingerprint density at radius 2 is 1.91 bits per heavy atom. The second-order valence-electron chi connectivity index (χ2n) is 4.29. The SMILES string of the molecule is COCCNCCNC(=O)CNc1cc(Cl)ccc1OC.Cl.Cl. The number of anilines is 1. The fourth-order valence-electron chi connectivity index (χ4n) is 1.65. The number of nitrogens with one attached hydrogen (secondary N) is 3. The first kappa shape index (κ1) is 24.3. The lowest BCUT2D eigenvalue weighted by molar-refractivity contribution is -0.119. The maximum atomic E-state index is 11.7. The summed E-state index contributed by atoms with van der Waals surface area (Å²) in [6.45, 7) is 2.86. The molecule has 9 heteroatoms. The molecule has 3 N–H and O–H groups in total. The van der Waals surface area contributed by atoms with Gasteiger partial charge >= 0.3 is 0 Å². The van der Waals surface area contributed by atoms with E-state index in [9.17, 15) is 4.79 Å². The van der Waals surface area contributed by atoms with Crippen molar-refractivity contribution < 1.29 is 14.3 Å². The van der Waals surface area contributed by atoms with Gasteiger partial charge in [-0.1, -0.05) is 11.6 Å². The summed E-state index contributed by atoms with van der Waals surface area (Å²) in [5, 5.41) is 9.54. The molecule has 0 aliphatic rings. The molecule has 0 fully saturated rings. The number of hydrogen-bond donors (Lipinski definition) is 3. The van der Waals surface area contributed by atoms with Crippen molar-refractivity contribution in [1.82, 2.24) is 10.6 Å². The summed E-state index contributed by atoms with van der Waals surface area (Å²) < 4.78 is 10.1. The average molecular weight is 389 g/mol. The van der Waals surface area contributed by atoms with Gasteiger partial charge in [0.25, 0.3) is 0 Å². The lowest BCUT2D eigenvalue weighted by Gasteiger charge is -2.12. The number of halogens is 3. The largest absolute Gasteiger partial charge is 0.495 e. The highest BCUT2D eigenvalue weighted by molar-refractivity contribution is 6.30. The Kier molecular flexibility index (Phi) is 15.5. The maximum Gasteiger partial charge on any atom is 0.239 e. The maximum absolute atomic E-state index is 11.7. The molecule has 6 nitrogen and oxygen atoms in total. The fraction of sp³-hybridized carbons (Fsp3) is 0.500. The van der Waals surface area contributed by atoms with E-state index in [0.717, 1.165) is 6.54 Å². The van der Waals surface area contributed by atoms with Crippen LogP contribution in [-0.2, 0) is 9.53 Å². The number of carbonyl (C=O) groups is 1. The molecule has 0 aliphatic heterocycles. The number of amides is 1. The fourth-order valence-corrected chi connectivity index (χ4v) is 1.82. The highest BCUT2D eigenvalue weighted by Gasteiger charge is 2.06. The van der Waals surface area contributed by atoms with Crippen molar-refractivity contribution in [2.75, 3.05) is 52.3 Å². The van der Waals surface area contributed by atoms with E-state index < -0.39 is 0 Å². The van der Waals surface area contributed by atoms with Crippen molar-refractivity contribution >= 4 is 48.0 Å². The van der Waals surface area contributed by atoms with Crippen molar-refractivity contribution in [3.05, 3.63) is 23.2 Å². The van der Waals surface area contributed by atoms with Crippen LogP contribution in [0.2, 0.25) is 5.02 Å². The van der Waals surface area contributed by atoms with E-state index in [2.05, 4.69) is 16.0 Å². The van der Waals surface area contributed by atoms with E-state index in [-0.39, 0.29) is 37.3 Å². The molecule has 0 saturated carbocycles. The van der Waals surface area contributed by atoms with Crippen LogP contribution >= 0.6 is 36.4 Å². The number of rotatable bonds is 10. The van der Waals surface area contributed by atoms with Gasteiger partial charge in [0, 0.05) is 31.8 Å². The zero-order chi connectivity index (χ0) is 15.5. The van der Waals surface area contributed by atoms with E-state index in [4.69, 9.17) is 21.1 Å². The normalized spacial score (nSPS) is 9.35. The highest BCUT2D eigenvalue weighted by atomic mass is 35.5. The molecule has 0 saturated heterocycles. The van der Waals surface area contributed by atoms with E-state index >= 15 is 0 Å². The Morgan fingerprint density at radius 3 is 2.57 bits per heavy atom. The van der Waals surface area contributed by atoms with Crippen LogP contribution in [-0.4, -0.2) is 52.9 Å². The van der Waals surface area contributed by atoms with Crippen molar-refractivity contribution in [1.29, 1.82) is 0 Å². The van der Waals surface area contributed by atoms with Crippen molar-refractivity contribution in [3.63, 3.8) is 0 Å². The van der Waals surface area contributed by atoms with Gasteiger partial charge in [0.15, 0.2) is 0 Å². The zero-order valence-corrected chi connectivity index (χ0v) is 15.6. The van der Waals surface area contributed by atoms with Crippen LogP contribution in [0.3, 0.4) is 0 Å². The molecule has 0 spiro atoms. The first-order valence-corrected chi connectivity index (χ1v) is 7.09. The van der Waals surface area contributed by atoms with Gasteiger partial charge < -0.3 is 25.4 Å². The minimum absolute atomic E-state index is 0. The molecule has 134 valence electrons. The summed E-state index contributed by atoms with van der Waals surface area (Å²) in [4.78, 5) is 11.7. The first-order valence-electron chi connectivity index (χ1n) is 6.71. The average Bonchev–Trinajstić information content (AvgIpc) is 2.49. The molecular weight excluding hydrogens is 365 g/mol. The van der Waals surface area contributed by atoms with Crippen LogP contribution in [0.4, 0.5) is 5.69 Å². The summed E-state index contributed by atoms with van der Waals surface area (Å²) in [5.74, 6) is 0.555. The van der Waals surface area contributed by atoms with Crippen molar-refractivity contribution in [2.45, 2.75) is 0 Å². The molecule has 0 heterocycles. The molecular formula is C14H24Cl3N3O3. The quantitative estimate of drug-likeness (QED) is 0.534. The summed E-state index contributed by atoms with van der Waals surface area (Å²) in [7, 11) is 3.22. The van der Waals surface area contributed by atoms with Gasteiger partial charge in [0.05, 0.1) is 25.9 Å². The molecule has 0 unspecified atom stereocenters. The van der Waals surface area contributed by atoms with Gasteiger partial charge in [-0.25, -0.2) is 0 Å². The molecule has 0 aromatic heterocycles. The number of ether oxygens (including phenoxy) is 2. The van der Waals surface area contributed by atoms with Gasteiger partial charge in [-0.05, 0) is 18.2 Å². The van der Waals surface area contributed by atoms with Crippen LogP contribution in [0.25, 0.3) is 0 Å². The van der Waals surface area contributed by atoms with E-state index in [1.165, 1.54) is 0 Å². The molecule has 23 heavy (non-hydrogen) atoms. The Bertz CT molecular complexity index is 451. The Balaban J connectivity index is 0. The zero-order valence-electron chi connectivity index (χ0n) is 13.2. The van der Waals surface area contributed by atoms with Gasteiger partial charge in [-0.15, -0.1) is 24.8 Å². The number of methoxy groups -OCH3 is 2. The van der Waals surface area contributed by atoms with E-state index in [0.29, 0.717) is 36.2 Å². The molecule has 0 bridgehead atoms. The molecule has 1 aromatic carbocycles. The van der Waals surface area contributed by atoms with Gasteiger partial charge in [-0.2, -0.15) is 0 Å². The number of hydrogen-bond acceptors (Lipinski definition) is 5. The second kappa shape index (κ2) is 14.7. The van der Waals surface area contributed by atoms with Gasteiger partial charge in [0.1, 0.15) is 5.75 Å². The molecule has 1 aromatic rings. The van der Waals surface area contributed by atoms with Crippen molar-refractivity contribution in [3.8, 4) is 5.75 Å². The predicted octanol–water partition coefficient (Wildman–Crippen LogP) is 1.96. The first-order chi connectivity index (χ1) is 10.2. The van der Waals surface area contributed by atoms with Crippen LogP contribution < -0.4 is 20.7 Å². The topological polar surface area (TPSA) is 71.6 Å². The third kappa shape index (κ3) is 10.5. The molecule has 0 aliphatic carbocycles. The summed E-state index contributed by atoms with van der Waals surface area (Å²) in [6.07, 6.45) is 0. The predicted molar refractivity (Wildman–Crippen MR) is 98.7 cm³/mol. The molecule has 1 rings (SSSR count). The van der Waals surface area contributed by atoms with Gasteiger partial charge in [-0.3, -0.25) is 4.79 Å². The third-order valence-corrected chi connectivity index (χ3v) is 2.94. The van der Waals surface area contributed by atoms with E-state index in [1.54, 1.807) is 32.4 Å². The van der Waals surface area contributed by atoms with Crippen LogP contribution in [0.5, 0.6) is 5.75 Å². The minimum atomic E-state index is -0.0921. The Hall–Kier alpha value is -0.920. The summed E-state index contributed by atoms with van der Waals surface area (Å²) in [5.41, 5.74) is 0.693. The van der Waals surface area contributed by atoms with Crippen LogP contribution in [0, 0.1) is 0 Å². The second-order valence-corrected chi connectivity index (χ2v) is 4.73. The molecule has 0 radical (unpaired) electrons. The van der Waals surface area contributed by atoms with E-state index in [1.807, 2.05) is 0 Å². The standard InChI is InChI=1S/C14H22ClN3O3.2ClH/c1-20-8-7-16-5-6-17-14(19)10-18-12-9-11(15)3-4-13(12)21-2;;/h3-4,9,16,18H,5-8,10H2,1-2H3,(H,17,19);2*1H. The van der Waals surface area contributed by atoms with Crippen LogP contribution in [0.1, 0.15) is 0 Å². The lowest BCUT2D eigenvalue weighted by atomic mass is 10.3. The number of benzene rings is 1. The minimum Gasteiger partial charge on any atom is -0.495 e. The summed E-state index contributed by atoms with van der Waals surface area (Å²) >= 11 is 5.92.